The zero-order valence-electron chi connectivity index (χ0n) is 13.9. The average molecular weight is 331 g/mol. The van der Waals surface area contributed by atoms with Crippen LogP contribution in [0.2, 0.25) is 0 Å². The van der Waals surface area contributed by atoms with Gasteiger partial charge in [0.25, 0.3) is 0 Å². The smallest absolute Gasteiger partial charge is 0.335 e. The van der Waals surface area contributed by atoms with Crippen LogP contribution in [0, 0.1) is 0 Å². The molecule has 0 radical (unpaired) electrons. The maximum Gasteiger partial charge on any atom is 0.335 e. The monoisotopic (exact) mass is 331 g/mol. The van der Waals surface area contributed by atoms with Gasteiger partial charge in [0.1, 0.15) is 0 Å². The summed E-state index contributed by atoms with van der Waals surface area (Å²) < 4.78 is 6.06. The summed E-state index contributed by atoms with van der Waals surface area (Å²) in [4.78, 5) is 23.6. The molecule has 2 fully saturated rings. The van der Waals surface area contributed by atoms with Crippen molar-refractivity contribution in [2.24, 2.45) is 0 Å². The molecule has 3 rings (SSSR count). The van der Waals surface area contributed by atoms with E-state index < -0.39 is 5.97 Å². The highest BCUT2D eigenvalue weighted by Gasteiger charge is 2.38. The molecule has 1 aliphatic heterocycles. The van der Waals surface area contributed by atoms with Crippen molar-refractivity contribution in [3.63, 3.8) is 0 Å². The zero-order valence-corrected chi connectivity index (χ0v) is 13.9. The van der Waals surface area contributed by atoms with E-state index in [2.05, 4.69) is 5.32 Å². The van der Waals surface area contributed by atoms with Crippen LogP contribution in [0.15, 0.2) is 24.3 Å². The first-order valence-electron chi connectivity index (χ1n) is 8.82. The largest absolute Gasteiger partial charge is 0.478 e. The van der Waals surface area contributed by atoms with E-state index in [0.29, 0.717) is 12.2 Å². The van der Waals surface area contributed by atoms with Crippen LogP contribution in [0.1, 0.15) is 60.9 Å². The number of amides is 1. The third-order valence-corrected chi connectivity index (χ3v) is 5.22. The van der Waals surface area contributed by atoms with E-state index in [-0.39, 0.29) is 29.5 Å². The predicted molar refractivity (Wildman–Crippen MR) is 90.0 cm³/mol. The first-order chi connectivity index (χ1) is 11.6. The highest BCUT2D eigenvalue weighted by atomic mass is 16.5. The molecule has 1 saturated heterocycles. The number of ether oxygens (including phenoxy) is 1. The Balaban J connectivity index is 1.60. The third-order valence-electron chi connectivity index (χ3n) is 5.22. The van der Waals surface area contributed by atoms with Gasteiger partial charge in [0.05, 0.1) is 17.6 Å². The van der Waals surface area contributed by atoms with Gasteiger partial charge in [0, 0.05) is 12.6 Å². The number of hydrogen-bond donors (Lipinski definition) is 2. The lowest BCUT2D eigenvalue weighted by atomic mass is 9.78. The van der Waals surface area contributed by atoms with Crippen molar-refractivity contribution in [3.8, 4) is 0 Å². The van der Waals surface area contributed by atoms with E-state index in [1.807, 2.05) is 0 Å². The second-order valence-corrected chi connectivity index (χ2v) is 6.99. The maximum absolute atomic E-state index is 12.4. The highest BCUT2D eigenvalue weighted by Crippen LogP contribution is 2.38. The number of benzene rings is 1. The van der Waals surface area contributed by atoms with Crippen molar-refractivity contribution in [2.45, 2.75) is 63.0 Å². The van der Waals surface area contributed by atoms with E-state index >= 15 is 0 Å². The van der Waals surface area contributed by atoms with Gasteiger partial charge in [-0.05, 0) is 37.3 Å². The summed E-state index contributed by atoms with van der Waals surface area (Å²) in [5, 5.41) is 12.3. The first kappa shape index (κ1) is 17.0. The Morgan fingerprint density at radius 3 is 2.71 bits per heavy atom. The van der Waals surface area contributed by atoms with Crippen molar-refractivity contribution >= 4 is 11.9 Å². The number of nitrogens with one attached hydrogen (secondary N) is 1. The van der Waals surface area contributed by atoms with E-state index in [0.717, 1.165) is 25.7 Å². The van der Waals surface area contributed by atoms with Crippen LogP contribution >= 0.6 is 0 Å². The van der Waals surface area contributed by atoms with Gasteiger partial charge in [0.15, 0.2) is 0 Å². The van der Waals surface area contributed by atoms with Crippen molar-refractivity contribution in [2.75, 3.05) is 6.61 Å². The van der Waals surface area contributed by atoms with Gasteiger partial charge in [0.2, 0.25) is 5.91 Å². The second kappa shape index (κ2) is 7.34. The minimum absolute atomic E-state index is 0.0482. The number of rotatable bonds is 4. The SMILES string of the molecule is O=C(Cc1ccccc1C(=O)O)NC1CCOC2(CCCCC2)C1. The Hall–Kier alpha value is -1.88. The van der Waals surface area contributed by atoms with Gasteiger partial charge in [-0.25, -0.2) is 4.79 Å². The minimum atomic E-state index is -0.995. The van der Waals surface area contributed by atoms with Crippen molar-refractivity contribution < 1.29 is 19.4 Å². The molecule has 1 aromatic carbocycles. The minimum Gasteiger partial charge on any atom is -0.478 e. The van der Waals surface area contributed by atoms with E-state index in [1.54, 1.807) is 18.2 Å². The molecular formula is C19H25NO4. The fourth-order valence-corrected chi connectivity index (χ4v) is 4.03. The number of carboxylic acid groups (broad SMARTS) is 1. The molecule has 24 heavy (non-hydrogen) atoms. The molecule has 1 saturated carbocycles. The van der Waals surface area contributed by atoms with Crippen LogP contribution in [0.25, 0.3) is 0 Å². The zero-order chi connectivity index (χ0) is 17.0. The third kappa shape index (κ3) is 3.96. The Labute approximate surface area is 142 Å². The molecule has 1 aromatic rings. The van der Waals surface area contributed by atoms with E-state index in [4.69, 9.17) is 4.74 Å². The van der Waals surface area contributed by atoms with Crippen LogP contribution in [-0.4, -0.2) is 35.2 Å². The predicted octanol–water partition coefficient (Wildman–Crippen LogP) is 2.93. The topological polar surface area (TPSA) is 75.6 Å². The number of carbonyl (C=O) groups is 2. The summed E-state index contributed by atoms with van der Waals surface area (Å²) in [6, 6.07) is 6.81. The summed E-state index contributed by atoms with van der Waals surface area (Å²) in [6.07, 6.45) is 7.65. The number of aromatic carboxylic acids is 1. The van der Waals surface area contributed by atoms with E-state index in [9.17, 15) is 14.7 Å². The van der Waals surface area contributed by atoms with Crippen LogP contribution in [0.4, 0.5) is 0 Å². The molecule has 130 valence electrons. The molecular weight excluding hydrogens is 306 g/mol. The fourth-order valence-electron chi connectivity index (χ4n) is 4.03. The van der Waals surface area contributed by atoms with Gasteiger partial charge < -0.3 is 15.2 Å². The molecule has 1 atom stereocenters. The summed E-state index contributed by atoms with van der Waals surface area (Å²) in [6.45, 7) is 0.691. The lowest BCUT2D eigenvalue weighted by Crippen LogP contribution is -2.49. The molecule has 5 heteroatoms. The molecule has 2 aliphatic rings. The Kier molecular flexibility index (Phi) is 5.19. The van der Waals surface area contributed by atoms with Gasteiger partial charge in [-0.1, -0.05) is 37.5 Å². The van der Waals surface area contributed by atoms with Crippen LogP contribution in [0.3, 0.4) is 0 Å². The van der Waals surface area contributed by atoms with Crippen molar-refractivity contribution in [3.05, 3.63) is 35.4 Å². The molecule has 1 aliphatic carbocycles. The summed E-state index contributed by atoms with van der Waals surface area (Å²) in [7, 11) is 0. The van der Waals surface area contributed by atoms with Gasteiger partial charge in [-0.15, -0.1) is 0 Å². The van der Waals surface area contributed by atoms with Crippen LogP contribution in [-0.2, 0) is 16.0 Å². The van der Waals surface area contributed by atoms with Crippen molar-refractivity contribution in [1.29, 1.82) is 0 Å². The summed E-state index contributed by atoms with van der Waals surface area (Å²) in [5.74, 6) is -1.10. The van der Waals surface area contributed by atoms with Gasteiger partial charge >= 0.3 is 5.97 Å². The Bertz CT molecular complexity index is 602. The van der Waals surface area contributed by atoms with Gasteiger partial charge in [-0.2, -0.15) is 0 Å². The Morgan fingerprint density at radius 1 is 1.21 bits per heavy atom. The van der Waals surface area contributed by atoms with Crippen LogP contribution < -0.4 is 5.32 Å². The lowest BCUT2D eigenvalue weighted by Gasteiger charge is -2.43. The molecule has 1 unspecified atom stereocenters. The Morgan fingerprint density at radius 2 is 1.96 bits per heavy atom. The highest BCUT2D eigenvalue weighted by molar-refractivity contribution is 5.91. The molecule has 0 aromatic heterocycles. The van der Waals surface area contributed by atoms with E-state index in [1.165, 1.54) is 25.3 Å². The molecule has 0 bridgehead atoms. The number of hydrogen-bond acceptors (Lipinski definition) is 3. The number of carboxylic acids is 1. The molecule has 5 nitrogen and oxygen atoms in total. The lowest BCUT2D eigenvalue weighted by molar-refractivity contribution is -0.128. The molecule has 1 spiro atoms. The van der Waals surface area contributed by atoms with Crippen LogP contribution in [0.5, 0.6) is 0 Å². The standard InChI is InChI=1S/C19H25NO4/c21-17(12-14-6-2-3-7-16(14)18(22)23)20-15-8-11-24-19(13-15)9-4-1-5-10-19/h2-3,6-7,15H,1,4-5,8-13H2,(H,20,21)(H,22,23). The fraction of sp³-hybridized carbons (Fsp3) is 0.579. The second-order valence-electron chi connectivity index (χ2n) is 6.99. The summed E-state index contributed by atoms with van der Waals surface area (Å²) in [5.41, 5.74) is 0.707. The molecule has 2 N–H and O–H groups in total. The van der Waals surface area contributed by atoms with Crippen molar-refractivity contribution in [1.82, 2.24) is 5.32 Å². The quantitative estimate of drug-likeness (QED) is 0.889. The molecule has 1 amide bonds. The number of carbonyl (C=O) groups excluding carboxylic acids is 1. The average Bonchev–Trinajstić information content (AvgIpc) is 2.56. The van der Waals surface area contributed by atoms with Gasteiger partial charge in [-0.3, -0.25) is 4.79 Å². The first-order valence-corrected chi connectivity index (χ1v) is 8.82. The summed E-state index contributed by atoms with van der Waals surface area (Å²) >= 11 is 0. The molecule has 1 heterocycles. The maximum atomic E-state index is 12.4. The normalized spacial score (nSPS) is 22.9.